The van der Waals surface area contributed by atoms with E-state index in [1.54, 1.807) is 0 Å². The minimum absolute atomic E-state index is 0.382. The van der Waals surface area contributed by atoms with Gasteiger partial charge in [-0.3, -0.25) is 9.88 Å². The fourth-order valence-electron chi connectivity index (χ4n) is 2.18. The molecular formula is C14H16Cl2CoN2O+. The van der Waals surface area contributed by atoms with Gasteiger partial charge in [0.2, 0.25) is 0 Å². The van der Waals surface area contributed by atoms with Crippen molar-refractivity contribution in [3.05, 3.63) is 42.1 Å². The van der Waals surface area contributed by atoms with Crippen LogP contribution in [0, 0.1) is 0 Å². The van der Waals surface area contributed by atoms with Crippen LogP contribution in [0.2, 0.25) is 0 Å². The minimum Gasteiger partial charge on any atom is -0.379 e. The third kappa shape index (κ3) is 4.88. The van der Waals surface area contributed by atoms with Crippen molar-refractivity contribution in [2.24, 2.45) is 0 Å². The molecule has 1 saturated heterocycles. The zero-order valence-corrected chi connectivity index (χ0v) is 13.4. The zero-order valence-electron chi connectivity index (χ0n) is 10.9. The van der Waals surface area contributed by atoms with Crippen LogP contribution in [0.15, 0.2) is 36.4 Å². The molecule has 6 heteroatoms. The quantitative estimate of drug-likeness (QED) is 0.823. The fraction of sp³-hybridized carbons (Fsp3) is 0.357. The molecule has 0 unspecified atom stereocenters. The van der Waals surface area contributed by atoms with Crippen molar-refractivity contribution in [1.82, 2.24) is 9.88 Å². The van der Waals surface area contributed by atoms with Gasteiger partial charge in [-0.15, -0.1) is 0 Å². The molecule has 0 radical (unpaired) electrons. The van der Waals surface area contributed by atoms with E-state index in [0.717, 1.165) is 44.1 Å². The Kier molecular flexibility index (Phi) is 7.06. The van der Waals surface area contributed by atoms with Crippen LogP contribution in [0.25, 0.3) is 10.9 Å². The second kappa shape index (κ2) is 8.82. The van der Waals surface area contributed by atoms with E-state index >= 15 is 0 Å². The van der Waals surface area contributed by atoms with Crippen molar-refractivity contribution in [2.75, 3.05) is 26.3 Å². The summed E-state index contributed by atoms with van der Waals surface area (Å²) in [7, 11) is 9.47. The Balaban J connectivity index is 0.000000452. The maximum absolute atomic E-state index is 5.35. The van der Waals surface area contributed by atoms with Crippen LogP contribution in [0.1, 0.15) is 5.69 Å². The maximum atomic E-state index is 5.35. The molecule has 0 saturated carbocycles. The number of morpholine rings is 1. The van der Waals surface area contributed by atoms with Gasteiger partial charge in [0.25, 0.3) is 0 Å². The third-order valence-corrected chi connectivity index (χ3v) is 3.15. The van der Waals surface area contributed by atoms with Crippen LogP contribution >= 0.6 is 20.3 Å². The van der Waals surface area contributed by atoms with Crippen LogP contribution in [-0.2, 0) is 24.2 Å². The van der Waals surface area contributed by atoms with Gasteiger partial charge < -0.3 is 4.74 Å². The van der Waals surface area contributed by atoms with E-state index in [0.29, 0.717) is 12.9 Å². The molecule has 1 aliphatic heterocycles. The molecule has 3 rings (SSSR count). The summed E-state index contributed by atoms with van der Waals surface area (Å²) < 4.78 is 5.35. The second-order valence-corrected chi connectivity index (χ2v) is 6.15. The number of hydrogen-bond donors (Lipinski definition) is 0. The van der Waals surface area contributed by atoms with Gasteiger partial charge in [-0.1, -0.05) is 24.3 Å². The van der Waals surface area contributed by atoms with Crippen molar-refractivity contribution in [3.8, 4) is 0 Å². The van der Waals surface area contributed by atoms with Gasteiger partial charge >= 0.3 is 33.2 Å². The Labute approximate surface area is 133 Å². The largest absolute Gasteiger partial charge is 0.379 e. The summed E-state index contributed by atoms with van der Waals surface area (Å²) >= 11 is 0.382. The summed E-state index contributed by atoms with van der Waals surface area (Å²) in [6.07, 6.45) is 0. The van der Waals surface area contributed by atoms with E-state index in [9.17, 15) is 0 Å². The number of pyridine rings is 1. The SMILES string of the molecule is [Cl][Co+][Cl].c1ccc2nc(CN3CCOCC3)ccc2c1. The van der Waals surface area contributed by atoms with Gasteiger partial charge in [0.1, 0.15) is 0 Å². The average Bonchev–Trinajstić information content (AvgIpc) is 2.49. The molecular weight excluding hydrogens is 342 g/mol. The summed E-state index contributed by atoms with van der Waals surface area (Å²) in [6, 6.07) is 12.5. The van der Waals surface area contributed by atoms with Crippen molar-refractivity contribution in [1.29, 1.82) is 0 Å². The molecule has 20 heavy (non-hydrogen) atoms. The summed E-state index contributed by atoms with van der Waals surface area (Å²) in [5.41, 5.74) is 2.23. The van der Waals surface area contributed by atoms with E-state index in [2.05, 4.69) is 34.1 Å². The summed E-state index contributed by atoms with van der Waals surface area (Å²) in [6.45, 7) is 4.62. The summed E-state index contributed by atoms with van der Waals surface area (Å²) in [5, 5.41) is 1.21. The fourth-order valence-corrected chi connectivity index (χ4v) is 2.18. The molecule has 1 aliphatic rings. The maximum Gasteiger partial charge on any atom is 0.0705 e. The van der Waals surface area contributed by atoms with Gasteiger partial charge in [-0.25, -0.2) is 0 Å². The molecule has 0 spiro atoms. The van der Waals surface area contributed by atoms with Crippen molar-refractivity contribution >= 4 is 31.2 Å². The number of benzene rings is 1. The van der Waals surface area contributed by atoms with Crippen molar-refractivity contribution < 1.29 is 17.6 Å². The van der Waals surface area contributed by atoms with E-state index in [-0.39, 0.29) is 0 Å². The van der Waals surface area contributed by atoms with Gasteiger partial charge in [-0.05, 0) is 12.1 Å². The van der Waals surface area contributed by atoms with Crippen LogP contribution in [0.3, 0.4) is 0 Å². The normalized spacial score (nSPS) is 15.9. The number of fused-ring (bicyclic) bond motifs is 1. The number of hydrogen-bond acceptors (Lipinski definition) is 3. The van der Waals surface area contributed by atoms with Gasteiger partial charge in [0, 0.05) is 25.0 Å². The molecule has 3 nitrogen and oxygen atoms in total. The first kappa shape index (κ1) is 16.0. The molecule has 1 aromatic carbocycles. The Morgan fingerprint density at radius 2 is 1.80 bits per heavy atom. The first-order chi connectivity index (χ1) is 9.83. The van der Waals surface area contributed by atoms with Gasteiger partial charge in [-0.2, -0.15) is 0 Å². The Hall–Kier alpha value is -0.364. The smallest absolute Gasteiger partial charge is 0.0705 e. The van der Waals surface area contributed by atoms with E-state index < -0.39 is 0 Å². The predicted molar refractivity (Wildman–Crippen MR) is 79.5 cm³/mol. The van der Waals surface area contributed by atoms with E-state index in [1.807, 2.05) is 12.1 Å². The minimum atomic E-state index is 0.382. The second-order valence-electron chi connectivity index (χ2n) is 4.43. The summed E-state index contributed by atoms with van der Waals surface area (Å²) in [4.78, 5) is 7.08. The van der Waals surface area contributed by atoms with Crippen molar-refractivity contribution in [2.45, 2.75) is 6.54 Å². The molecule has 2 heterocycles. The number of ether oxygens (including phenoxy) is 1. The number of halogens is 2. The van der Waals surface area contributed by atoms with Crippen LogP contribution < -0.4 is 0 Å². The van der Waals surface area contributed by atoms with E-state index in [1.165, 1.54) is 5.39 Å². The van der Waals surface area contributed by atoms with E-state index in [4.69, 9.17) is 25.0 Å². The molecule has 110 valence electrons. The first-order valence-electron chi connectivity index (χ1n) is 6.32. The Morgan fingerprint density at radius 3 is 2.55 bits per heavy atom. The van der Waals surface area contributed by atoms with Gasteiger partial charge in [0.15, 0.2) is 0 Å². The zero-order chi connectivity index (χ0) is 14.2. The van der Waals surface area contributed by atoms with Crippen LogP contribution in [0.5, 0.6) is 0 Å². The summed E-state index contributed by atoms with van der Waals surface area (Å²) in [5.74, 6) is 0. The number of rotatable bonds is 2. The number of nitrogens with zero attached hydrogens (tertiary/aromatic N) is 2. The molecule has 0 N–H and O–H groups in total. The number of aromatic nitrogens is 1. The molecule has 0 atom stereocenters. The molecule has 0 amide bonds. The third-order valence-electron chi connectivity index (χ3n) is 3.15. The predicted octanol–water partition coefficient (Wildman–Crippen LogP) is 3.44. The Bertz CT molecular complexity index is 535. The average molecular weight is 358 g/mol. The molecule has 1 aromatic heterocycles. The Morgan fingerprint density at radius 1 is 1.10 bits per heavy atom. The van der Waals surface area contributed by atoms with Crippen LogP contribution in [0.4, 0.5) is 0 Å². The topological polar surface area (TPSA) is 25.4 Å². The molecule has 1 fully saturated rings. The van der Waals surface area contributed by atoms with Crippen LogP contribution in [-0.4, -0.2) is 36.2 Å². The molecule has 0 aliphatic carbocycles. The number of para-hydroxylation sites is 1. The standard InChI is InChI=1S/C14H16N2O.2ClH.Co/c1-2-4-14-12(3-1)5-6-13(15-14)11-16-7-9-17-10-8-16;;;/h1-6H,7-11H2;2*1H;/q;;;+3/p-2. The van der Waals surface area contributed by atoms with Gasteiger partial charge in [0.05, 0.1) is 24.4 Å². The van der Waals surface area contributed by atoms with Crippen molar-refractivity contribution in [3.63, 3.8) is 0 Å². The first-order valence-corrected chi connectivity index (χ1v) is 9.18. The molecule has 0 bridgehead atoms. The monoisotopic (exact) mass is 357 g/mol. The molecule has 2 aromatic rings.